The van der Waals surface area contributed by atoms with E-state index in [2.05, 4.69) is 22.8 Å². The molecule has 6 nitrogen and oxygen atoms in total. The highest BCUT2D eigenvalue weighted by molar-refractivity contribution is 7.90. The van der Waals surface area contributed by atoms with Gasteiger partial charge >= 0.3 is 6.03 Å². The maximum Gasteiger partial charge on any atom is 0.319 e. The van der Waals surface area contributed by atoms with Gasteiger partial charge in [-0.2, -0.15) is 0 Å². The molecule has 0 aromatic heterocycles. The predicted molar refractivity (Wildman–Crippen MR) is 118 cm³/mol. The number of sulfone groups is 1. The predicted octanol–water partition coefficient (Wildman–Crippen LogP) is 4.64. The van der Waals surface area contributed by atoms with Crippen molar-refractivity contribution < 1.29 is 17.9 Å². The number of amides is 2. The summed E-state index contributed by atoms with van der Waals surface area (Å²) >= 11 is 0. The molecule has 156 valence electrons. The van der Waals surface area contributed by atoms with E-state index >= 15 is 0 Å². The number of carbonyl (C=O) groups excluding carboxylic acids is 1. The van der Waals surface area contributed by atoms with E-state index in [9.17, 15) is 13.2 Å². The van der Waals surface area contributed by atoms with Crippen LogP contribution in [0.15, 0.2) is 83.8 Å². The van der Waals surface area contributed by atoms with E-state index in [-0.39, 0.29) is 10.9 Å². The number of rotatable bonds is 8. The van der Waals surface area contributed by atoms with Crippen molar-refractivity contribution in [3.8, 4) is 11.5 Å². The standard InChI is InChI=1S/C23H24N2O4S/c1-30(27,28)22-15-13-21(14-16-22)29-20-11-9-19(10-12-20)25-23(26)24-17-5-8-18-6-3-2-4-7-18/h2-4,6-7,9-16H,5,8,17H2,1H3,(H2,24,25,26). The van der Waals surface area contributed by atoms with E-state index in [0.717, 1.165) is 19.1 Å². The summed E-state index contributed by atoms with van der Waals surface area (Å²) < 4.78 is 28.7. The lowest BCUT2D eigenvalue weighted by atomic mass is 10.1. The summed E-state index contributed by atoms with van der Waals surface area (Å²) in [6.45, 7) is 0.589. The lowest BCUT2D eigenvalue weighted by Gasteiger charge is -2.10. The van der Waals surface area contributed by atoms with Crippen LogP contribution in [0.2, 0.25) is 0 Å². The summed E-state index contributed by atoms with van der Waals surface area (Å²) in [5, 5.41) is 5.63. The second-order valence-electron chi connectivity index (χ2n) is 6.84. The zero-order chi connectivity index (χ0) is 21.4. The van der Waals surface area contributed by atoms with Gasteiger partial charge in [-0.05, 0) is 66.9 Å². The normalized spacial score (nSPS) is 11.0. The minimum atomic E-state index is -3.23. The summed E-state index contributed by atoms with van der Waals surface area (Å²) in [5.41, 5.74) is 1.90. The third-order valence-corrected chi connectivity index (χ3v) is 5.50. The van der Waals surface area contributed by atoms with Gasteiger partial charge in [0.25, 0.3) is 0 Å². The largest absolute Gasteiger partial charge is 0.457 e. The van der Waals surface area contributed by atoms with Gasteiger partial charge in [0.05, 0.1) is 4.90 Å². The number of ether oxygens (including phenoxy) is 1. The monoisotopic (exact) mass is 424 g/mol. The van der Waals surface area contributed by atoms with Crippen LogP contribution >= 0.6 is 0 Å². The number of hydrogen-bond donors (Lipinski definition) is 2. The van der Waals surface area contributed by atoms with Crippen molar-refractivity contribution in [3.63, 3.8) is 0 Å². The van der Waals surface area contributed by atoms with E-state index in [4.69, 9.17) is 4.74 Å². The molecule has 3 rings (SSSR count). The SMILES string of the molecule is CS(=O)(=O)c1ccc(Oc2ccc(NC(=O)NCCCc3ccccc3)cc2)cc1. The lowest BCUT2D eigenvalue weighted by Crippen LogP contribution is -2.29. The quantitative estimate of drug-likeness (QED) is 0.516. The molecule has 0 unspecified atom stereocenters. The van der Waals surface area contributed by atoms with Crippen molar-refractivity contribution in [3.05, 3.63) is 84.4 Å². The molecule has 0 saturated heterocycles. The summed E-state index contributed by atoms with van der Waals surface area (Å²) in [6, 6.07) is 23.0. The van der Waals surface area contributed by atoms with E-state index < -0.39 is 9.84 Å². The van der Waals surface area contributed by atoms with Crippen LogP contribution in [0.4, 0.5) is 10.5 Å². The minimum Gasteiger partial charge on any atom is -0.457 e. The fourth-order valence-corrected chi connectivity index (χ4v) is 3.44. The third-order valence-electron chi connectivity index (χ3n) is 4.37. The molecule has 30 heavy (non-hydrogen) atoms. The molecule has 2 N–H and O–H groups in total. The first-order valence-electron chi connectivity index (χ1n) is 9.57. The lowest BCUT2D eigenvalue weighted by molar-refractivity contribution is 0.252. The van der Waals surface area contributed by atoms with Crippen LogP contribution in [0.5, 0.6) is 11.5 Å². The Bertz CT molecular complexity index is 1060. The zero-order valence-electron chi connectivity index (χ0n) is 16.7. The van der Waals surface area contributed by atoms with Crippen molar-refractivity contribution in [2.24, 2.45) is 0 Å². The molecular formula is C23H24N2O4S. The van der Waals surface area contributed by atoms with Gasteiger partial charge in [-0.25, -0.2) is 13.2 Å². The second-order valence-corrected chi connectivity index (χ2v) is 8.86. The fourth-order valence-electron chi connectivity index (χ4n) is 2.81. The maximum absolute atomic E-state index is 12.0. The van der Waals surface area contributed by atoms with Gasteiger partial charge in [-0.1, -0.05) is 30.3 Å². The number of aryl methyl sites for hydroxylation is 1. The van der Waals surface area contributed by atoms with Crippen molar-refractivity contribution >= 4 is 21.6 Å². The van der Waals surface area contributed by atoms with E-state index in [1.54, 1.807) is 36.4 Å². The Labute approximate surface area is 176 Å². The Balaban J connectivity index is 1.44. The van der Waals surface area contributed by atoms with Gasteiger partial charge in [0.2, 0.25) is 0 Å². The van der Waals surface area contributed by atoms with Gasteiger partial charge < -0.3 is 15.4 Å². The second kappa shape index (κ2) is 9.93. The Morgan fingerprint density at radius 3 is 2.07 bits per heavy atom. The average molecular weight is 425 g/mol. The van der Waals surface area contributed by atoms with Gasteiger partial charge in [-0.3, -0.25) is 0 Å². The molecule has 0 radical (unpaired) electrons. The number of urea groups is 1. The molecule has 0 spiro atoms. The van der Waals surface area contributed by atoms with Crippen LogP contribution in [0.1, 0.15) is 12.0 Å². The number of carbonyl (C=O) groups is 1. The highest BCUT2D eigenvalue weighted by Crippen LogP contribution is 2.24. The number of benzene rings is 3. The van der Waals surface area contributed by atoms with Gasteiger partial charge in [0.1, 0.15) is 11.5 Å². The van der Waals surface area contributed by atoms with Crippen LogP contribution in [-0.2, 0) is 16.3 Å². The van der Waals surface area contributed by atoms with Gasteiger partial charge in [-0.15, -0.1) is 0 Å². The molecule has 7 heteroatoms. The van der Waals surface area contributed by atoms with Crippen LogP contribution in [0.3, 0.4) is 0 Å². The molecule has 0 aliphatic rings. The van der Waals surface area contributed by atoms with Crippen LogP contribution in [-0.4, -0.2) is 27.2 Å². The molecule has 3 aromatic carbocycles. The molecule has 0 atom stereocenters. The smallest absolute Gasteiger partial charge is 0.319 e. The molecule has 0 fully saturated rings. The van der Waals surface area contributed by atoms with E-state index in [1.165, 1.54) is 17.7 Å². The first-order chi connectivity index (χ1) is 14.4. The van der Waals surface area contributed by atoms with Crippen molar-refractivity contribution in [1.29, 1.82) is 0 Å². The number of nitrogens with one attached hydrogen (secondary N) is 2. The Hall–Kier alpha value is -3.32. The Morgan fingerprint density at radius 1 is 0.867 bits per heavy atom. The molecule has 3 aromatic rings. The summed E-state index contributed by atoms with van der Waals surface area (Å²) in [7, 11) is -3.23. The first kappa shape index (κ1) is 21.4. The summed E-state index contributed by atoms with van der Waals surface area (Å²) in [6.07, 6.45) is 2.94. The molecule has 0 saturated carbocycles. The van der Waals surface area contributed by atoms with Crippen molar-refractivity contribution in [2.75, 3.05) is 18.1 Å². The number of hydrogen-bond acceptors (Lipinski definition) is 4. The van der Waals surface area contributed by atoms with Crippen LogP contribution < -0.4 is 15.4 Å². The molecule has 0 heterocycles. The summed E-state index contributed by atoms with van der Waals surface area (Å²) in [5.74, 6) is 1.11. The molecule has 0 aliphatic heterocycles. The fraction of sp³-hybridized carbons (Fsp3) is 0.174. The molecule has 0 aliphatic carbocycles. The zero-order valence-corrected chi connectivity index (χ0v) is 17.5. The van der Waals surface area contributed by atoms with Gasteiger partial charge in [0, 0.05) is 18.5 Å². The highest BCUT2D eigenvalue weighted by Gasteiger charge is 2.07. The maximum atomic E-state index is 12.0. The molecule has 0 bridgehead atoms. The topological polar surface area (TPSA) is 84.5 Å². The first-order valence-corrected chi connectivity index (χ1v) is 11.5. The van der Waals surface area contributed by atoms with Crippen molar-refractivity contribution in [2.45, 2.75) is 17.7 Å². The Morgan fingerprint density at radius 2 is 1.47 bits per heavy atom. The highest BCUT2D eigenvalue weighted by atomic mass is 32.2. The van der Waals surface area contributed by atoms with E-state index in [0.29, 0.717) is 23.7 Å². The third kappa shape index (κ3) is 6.63. The number of anilines is 1. The summed E-state index contributed by atoms with van der Waals surface area (Å²) in [4.78, 5) is 12.3. The van der Waals surface area contributed by atoms with E-state index in [1.807, 2.05) is 18.2 Å². The Kier molecular flexibility index (Phi) is 7.08. The molecular weight excluding hydrogens is 400 g/mol. The van der Waals surface area contributed by atoms with Gasteiger partial charge in [0.15, 0.2) is 9.84 Å². The molecule has 2 amide bonds. The van der Waals surface area contributed by atoms with Crippen LogP contribution in [0.25, 0.3) is 0 Å². The minimum absolute atomic E-state index is 0.240. The average Bonchev–Trinajstić information content (AvgIpc) is 2.73. The van der Waals surface area contributed by atoms with Crippen LogP contribution in [0, 0.1) is 0 Å². The van der Waals surface area contributed by atoms with Crippen molar-refractivity contribution in [1.82, 2.24) is 5.32 Å².